The molecule has 1 N–H and O–H groups in total. The van der Waals surface area contributed by atoms with Crippen LogP contribution in [-0.4, -0.2) is 50.3 Å². The summed E-state index contributed by atoms with van der Waals surface area (Å²) in [6.45, 7) is 1.05. The van der Waals surface area contributed by atoms with E-state index in [1.54, 1.807) is 49.1 Å². The number of carbonyl (C=O) groups excluding carboxylic acids is 2. The van der Waals surface area contributed by atoms with E-state index in [1.807, 2.05) is 30.5 Å². The molecule has 0 radical (unpaired) electrons. The lowest BCUT2D eigenvalue weighted by molar-refractivity contribution is 0.0851. The highest BCUT2D eigenvalue weighted by Crippen LogP contribution is 2.30. The Labute approximate surface area is 175 Å². The quantitative estimate of drug-likeness (QED) is 0.555. The van der Waals surface area contributed by atoms with E-state index in [0.29, 0.717) is 30.2 Å². The molecule has 154 valence electrons. The van der Waals surface area contributed by atoms with Crippen molar-refractivity contribution in [3.8, 4) is 11.5 Å². The molecule has 6 nitrogen and oxygen atoms in total. The summed E-state index contributed by atoms with van der Waals surface area (Å²) in [5, 5.41) is 2.93. The second-order valence-electron chi connectivity index (χ2n) is 6.88. The number of amides is 2. The fourth-order valence-electron chi connectivity index (χ4n) is 3.48. The van der Waals surface area contributed by atoms with Crippen LogP contribution in [0.4, 0.5) is 10.5 Å². The molecule has 7 heteroatoms. The molecule has 0 spiro atoms. The van der Waals surface area contributed by atoms with Gasteiger partial charge in [-0.1, -0.05) is 0 Å². The summed E-state index contributed by atoms with van der Waals surface area (Å²) in [5.74, 6) is 0.901. The van der Waals surface area contributed by atoms with Crippen molar-refractivity contribution in [1.29, 1.82) is 0 Å². The summed E-state index contributed by atoms with van der Waals surface area (Å²) in [6.07, 6.45) is 3.57. The van der Waals surface area contributed by atoms with E-state index in [4.69, 9.17) is 9.47 Å². The predicted octanol–water partition coefficient (Wildman–Crippen LogP) is 4.55. The van der Waals surface area contributed by atoms with Gasteiger partial charge in [-0.25, -0.2) is 4.79 Å². The van der Waals surface area contributed by atoms with Gasteiger partial charge in [0, 0.05) is 35.2 Å². The number of methoxy groups -OCH3 is 2. The van der Waals surface area contributed by atoms with Crippen LogP contribution in [-0.2, 0) is 0 Å². The van der Waals surface area contributed by atoms with Crippen LogP contribution in [0.25, 0.3) is 0 Å². The van der Waals surface area contributed by atoms with Gasteiger partial charge in [-0.15, -0.1) is 11.8 Å². The largest absolute Gasteiger partial charge is 0.493 e. The summed E-state index contributed by atoms with van der Waals surface area (Å²) in [4.78, 5) is 28.5. The maximum absolute atomic E-state index is 13.0. The number of nitrogens with zero attached hydrogens (tertiary/aromatic N) is 1. The number of carbonyl (C=O) groups is 2. The number of hydrogen-bond acceptors (Lipinski definition) is 5. The number of thioether (sulfide) groups is 1. The first-order chi connectivity index (χ1) is 14.0. The molecule has 1 aliphatic heterocycles. The molecule has 1 heterocycles. The van der Waals surface area contributed by atoms with Gasteiger partial charge in [-0.05, 0) is 61.6 Å². The number of ketones is 1. The molecule has 1 aliphatic rings. The lowest BCUT2D eigenvalue weighted by Crippen LogP contribution is -2.44. The van der Waals surface area contributed by atoms with Gasteiger partial charge >= 0.3 is 6.03 Å². The van der Waals surface area contributed by atoms with Gasteiger partial charge in [0.15, 0.2) is 17.3 Å². The first kappa shape index (κ1) is 21.0. The second-order valence-corrected chi connectivity index (χ2v) is 7.76. The number of benzene rings is 2. The fourth-order valence-corrected chi connectivity index (χ4v) is 3.89. The monoisotopic (exact) mass is 414 g/mol. The maximum Gasteiger partial charge on any atom is 0.321 e. The molecule has 0 aromatic heterocycles. The Balaban J connectivity index is 1.66. The van der Waals surface area contributed by atoms with Crippen LogP contribution in [0.1, 0.15) is 23.2 Å². The van der Waals surface area contributed by atoms with Gasteiger partial charge in [0.25, 0.3) is 0 Å². The van der Waals surface area contributed by atoms with Gasteiger partial charge in [0.1, 0.15) is 0 Å². The third kappa shape index (κ3) is 5.03. The Morgan fingerprint density at radius 1 is 1.07 bits per heavy atom. The number of hydrogen-bond donors (Lipinski definition) is 1. The number of urea groups is 1. The third-order valence-electron chi connectivity index (χ3n) is 5.09. The molecule has 0 aliphatic carbocycles. The molecule has 0 bridgehead atoms. The minimum atomic E-state index is -0.230. The number of piperidine rings is 1. The second kappa shape index (κ2) is 9.69. The Morgan fingerprint density at radius 2 is 1.79 bits per heavy atom. The zero-order chi connectivity index (χ0) is 20.8. The average molecular weight is 415 g/mol. The molecule has 1 saturated heterocycles. The molecule has 1 fully saturated rings. The summed E-state index contributed by atoms with van der Waals surface area (Å²) in [7, 11) is 3.11. The van der Waals surface area contributed by atoms with Crippen molar-refractivity contribution in [2.45, 2.75) is 17.7 Å². The lowest BCUT2D eigenvalue weighted by atomic mass is 9.90. The van der Waals surface area contributed by atoms with Crippen molar-refractivity contribution in [2.75, 3.05) is 38.9 Å². The minimum Gasteiger partial charge on any atom is -0.493 e. The predicted molar refractivity (Wildman–Crippen MR) is 115 cm³/mol. The first-order valence-electron chi connectivity index (χ1n) is 9.52. The zero-order valence-electron chi connectivity index (χ0n) is 16.9. The zero-order valence-corrected chi connectivity index (χ0v) is 17.8. The number of anilines is 1. The molecule has 2 aromatic carbocycles. The Kier molecular flexibility index (Phi) is 7.04. The minimum absolute atomic E-state index is 0.0211. The van der Waals surface area contributed by atoms with Crippen LogP contribution in [0.5, 0.6) is 11.5 Å². The van der Waals surface area contributed by atoms with Gasteiger partial charge < -0.3 is 19.7 Å². The van der Waals surface area contributed by atoms with E-state index in [0.717, 1.165) is 23.4 Å². The first-order valence-corrected chi connectivity index (χ1v) is 10.7. The van der Waals surface area contributed by atoms with E-state index in [2.05, 4.69) is 5.32 Å². The third-order valence-corrected chi connectivity index (χ3v) is 5.83. The molecular weight excluding hydrogens is 388 g/mol. The number of likely N-dealkylation sites (tertiary alicyclic amines) is 1. The number of Topliss-reactive ketones (excluding diaryl/α,β-unsaturated/α-hetero) is 1. The van der Waals surface area contributed by atoms with Gasteiger partial charge in [0.05, 0.1) is 14.2 Å². The fraction of sp³-hybridized carbons (Fsp3) is 0.364. The number of ether oxygens (including phenoxy) is 2. The Hall–Kier alpha value is -2.67. The number of nitrogens with one attached hydrogen (secondary N) is 1. The van der Waals surface area contributed by atoms with Gasteiger partial charge in [-0.3, -0.25) is 4.79 Å². The summed E-state index contributed by atoms with van der Waals surface area (Å²) < 4.78 is 10.5. The molecule has 0 unspecified atom stereocenters. The van der Waals surface area contributed by atoms with Gasteiger partial charge in [0.2, 0.25) is 0 Å². The van der Waals surface area contributed by atoms with Crippen molar-refractivity contribution in [1.82, 2.24) is 4.90 Å². The Morgan fingerprint density at radius 3 is 2.45 bits per heavy atom. The summed E-state index contributed by atoms with van der Waals surface area (Å²) >= 11 is 1.65. The lowest BCUT2D eigenvalue weighted by Gasteiger charge is -2.32. The molecular formula is C22H26N2O4S. The van der Waals surface area contributed by atoms with Gasteiger partial charge in [-0.2, -0.15) is 0 Å². The maximum atomic E-state index is 13.0. The molecule has 2 aromatic rings. The summed E-state index contributed by atoms with van der Waals surface area (Å²) in [5.41, 5.74) is 1.32. The van der Waals surface area contributed by atoms with Crippen molar-refractivity contribution in [2.24, 2.45) is 5.92 Å². The van der Waals surface area contributed by atoms with E-state index in [9.17, 15) is 9.59 Å². The molecule has 2 amide bonds. The SMILES string of the molecule is COc1ccc(C(=O)[C@@H]2CCCN(C(=O)Nc3ccc(SC)cc3)C2)cc1OC. The van der Waals surface area contributed by atoms with E-state index in [1.165, 1.54) is 0 Å². The summed E-state index contributed by atoms with van der Waals surface area (Å²) in [6, 6.07) is 12.7. The normalized spacial score (nSPS) is 16.2. The van der Waals surface area contributed by atoms with Crippen LogP contribution < -0.4 is 14.8 Å². The van der Waals surface area contributed by atoms with Crippen LogP contribution in [0, 0.1) is 5.92 Å². The molecule has 1 atom stereocenters. The van der Waals surface area contributed by atoms with Crippen LogP contribution in [0.15, 0.2) is 47.4 Å². The highest BCUT2D eigenvalue weighted by molar-refractivity contribution is 7.98. The highest BCUT2D eigenvalue weighted by atomic mass is 32.2. The van der Waals surface area contributed by atoms with Crippen molar-refractivity contribution in [3.05, 3.63) is 48.0 Å². The number of rotatable bonds is 6. The van der Waals surface area contributed by atoms with Crippen LogP contribution in [0.2, 0.25) is 0 Å². The van der Waals surface area contributed by atoms with Crippen molar-refractivity contribution >= 4 is 29.3 Å². The highest BCUT2D eigenvalue weighted by Gasteiger charge is 2.29. The molecule has 29 heavy (non-hydrogen) atoms. The molecule has 3 rings (SSSR count). The van der Waals surface area contributed by atoms with Crippen molar-refractivity contribution < 1.29 is 19.1 Å². The van der Waals surface area contributed by atoms with E-state index in [-0.39, 0.29) is 17.7 Å². The van der Waals surface area contributed by atoms with Crippen LogP contribution in [0.3, 0.4) is 0 Å². The van der Waals surface area contributed by atoms with Crippen LogP contribution >= 0.6 is 11.8 Å². The topological polar surface area (TPSA) is 67.9 Å². The smallest absolute Gasteiger partial charge is 0.321 e. The van der Waals surface area contributed by atoms with E-state index < -0.39 is 0 Å². The van der Waals surface area contributed by atoms with Crippen molar-refractivity contribution in [3.63, 3.8) is 0 Å². The van der Waals surface area contributed by atoms with E-state index >= 15 is 0 Å². The average Bonchev–Trinajstić information content (AvgIpc) is 2.78. The molecule has 0 saturated carbocycles. The standard InChI is InChI=1S/C22H26N2O4S/c1-27-19-11-6-15(13-20(19)28-2)21(25)16-5-4-12-24(14-16)22(26)23-17-7-9-18(29-3)10-8-17/h6-11,13,16H,4-5,12,14H2,1-3H3,(H,23,26)/t16-/m1/s1. The Bertz CT molecular complexity index is 870.